The van der Waals surface area contributed by atoms with Crippen molar-refractivity contribution >= 4 is 11.9 Å². The number of carboxylic acids is 1. The highest BCUT2D eigenvalue weighted by molar-refractivity contribution is 5.94. The maximum atomic E-state index is 13.8. The van der Waals surface area contributed by atoms with Gasteiger partial charge in [0.25, 0.3) is 5.91 Å². The zero-order chi connectivity index (χ0) is 17.2. The fraction of sp³-hybridized carbons (Fsp3) is 0.500. The first kappa shape index (κ1) is 19.1. The molecule has 6 nitrogen and oxygen atoms in total. The van der Waals surface area contributed by atoms with Crippen molar-refractivity contribution in [3.8, 4) is 0 Å². The molecule has 23 heavy (non-hydrogen) atoms. The number of amides is 1. The van der Waals surface area contributed by atoms with E-state index in [1.807, 2.05) is 0 Å². The van der Waals surface area contributed by atoms with E-state index in [1.165, 1.54) is 23.1 Å². The van der Waals surface area contributed by atoms with Crippen LogP contribution in [0.1, 0.15) is 29.3 Å². The molecule has 0 radical (unpaired) electrons. The number of carbonyl (C=O) groups is 2. The number of carbonyl (C=O) groups excluding carboxylic acids is 1. The second kappa shape index (κ2) is 9.91. The maximum Gasteiger partial charge on any atom is 0.305 e. The van der Waals surface area contributed by atoms with Crippen LogP contribution in [0.15, 0.2) is 18.2 Å². The number of methoxy groups -OCH3 is 1. The van der Waals surface area contributed by atoms with Gasteiger partial charge in [0.15, 0.2) is 0 Å². The predicted molar refractivity (Wildman–Crippen MR) is 81.8 cm³/mol. The average molecular weight is 327 g/mol. The number of aliphatic carboxylic acids is 1. The summed E-state index contributed by atoms with van der Waals surface area (Å²) in [6, 6.07) is 4.04. The largest absolute Gasteiger partial charge is 0.481 e. The molecule has 128 valence electrons. The third-order valence-electron chi connectivity index (χ3n) is 3.25. The van der Waals surface area contributed by atoms with E-state index in [0.29, 0.717) is 25.3 Å². The Morgan fingerprint density at radius 2 is 2.04 bits per heavy atom. The van der Waals surface area contributed by atoms with Crippen LogP contribution in [0.4, 0.5) is 4.39 Å². The zero-order valence-electron chi connectivity index (χ0n) is 13.4. The van der Waals surface area contributed by atoms with Gasteiger partial charge >= 0.3 is 5.97 Å². The molecule has 0 atom stereocenters. The molecule has 0 heterocycles. The molecule has 1 aromatic rings. The molecule has 7 heteroatoms. The van der Waals surface area contributed by atoms with Crippen molar-refractivity contribution in [1.29, 1.82) is 0 Å². The first-order valence-corrected chi connectivity index (χ1v) is 7.35. The molecule has 0 aliphatic rings. The fourth-order valence-electron chi connectivity index (χ4n) is 1.96. The lowest BCUT2D eigenvalue weighted by Gasteiger charge is -2.20. The molecule has 0 saturated heterocycles. The van der Waals surface area contributed by atoms with Crippen LogP contribution in [0, 0.1) is 5.82 Å². The highest BCUT2D eigenvalue weighted by Gasteiger charge is 2.17. The molecule has 0 aliphatic carbocycles. The SMILES string of the molecule is CCN(CCC(=O)O)C(=O)c1ccc(F)c(COCCOC)c1. The van der Waals surface area contributed by atoms with Crippen molar-refractivity contribution in [2.45, 2.75) is 20.0 Å². The normalized spacial score (nSPS) is 10.6. The van der Waals surface area contributed by atoms with Crippen LogP contribution in [0.2, 0.25) is 0 Å². The van der Waals surface area contributed by atoms with E-state index in [9.17, 15) is 14.0 Å². The Morgan fingerprint density at radius 1 is 1.30 bits per heavy atom. The molecule has 1 aromatic carbocycles. The smallest absolute Gasteiger partial charge is 0.305 e. The van der Waals surface area contributed by atoms with Gasteiger partial charge in [0, 0.05) is 31.3 Å². The Morgan fingerprint density at radius 3 is 2.65 bits per heavy atom. The van der Waals surface area contributed by atoms with Crippen LogP contribution in [0.25, 0.3) is 0 Å². The highest BCUT2D eigenvalue weighted by atomic mass is 19.1. The third-order valence-corrected chi connectivity index (χ3v) is 3.25. The first-order valence-electron chi connectivity index (χ1n) is 7.35. The van der Waals surface area contributed by atoms with E-state index < -0.39 is 11.8 Å². The van der Waals surface area contributed by atoms with Gasteiger partial charge in [-0.3, -0.25) is 9.59 Å². The van der Waals surface area contributed by atoms with Crippen LogP contribution in [0.5, 0.6) is 0 Å². The molecule has 0 unspecified atom stereocenters. The van der Waals surface area contributed by atoms with Gasteiger partial charge in [-0.1, -0.05) is 0 Å². The summed E-state index contributed by atoms with van der Waals surface area (Å²) in [6.45, 7) is 3.02. The number of hydrogen-bond donors (Lipinski definition) is 1. The van der Waals surface area contributed by atoms with Gasteiger partial charge in [-0.05, 0) is 25.1 Å². The standard InChI is InChI=1S/C16H22FNO5/c1-3-18(7-6-15(19)20)16(21)12-4-5-14(17)13(10-12)11-23-9-8-22-2/h4-5,10H,3,6-9,11H2,1-2H3,(H,19,20). The van der Waals surface area contributed by atoms with E-state index in [2.05, 4.69) is 0 Å². The lowest BCUT2D eigenvalue weighted by molar-refractivity contribution is -0.137. The number of ether oxygens (including phenoxy) is 2. The summed E-state index contributed by atoms with van der Waals surface area (Å²) < 4.78 is 23.9. The predicted octanol–water partition coefficient (Wildman–Crippen LogP) is 1.93. The maximum absolute atomic E-state index is 13.8. The highest BCUT2D eigenvalue weighted by Crippen LogP contribution is 2.14. The second-order valence-corrected chi connectivity index (χ2v) is 4.88. The van der Waals surface area contributed by atoms with Crippen molar-refractivity contribution in [1.82, 2.24) is 4.90 Å². The quantitative estimate of drug-likeness (QED) is 0.665. The Hall–Kier alpha value is -1.99. The van der Waals surface area contributed by atoms with Crippen LogP contribution in [-0.4, -0.2) is 55.3 Å². The van der Waals surface area contributed by atoms with Crippen molar-refractivity contribution in [3.63, 3.8) is 0 Å². The molecule has 0 aliphatic heterocycles. The van der Waals surface area contributed by atoms with E-state index in [-0.39, 0.29) is 31.0 Å². The van der Waals surface area contributed by atoms with Gasteiger partial charge in [-0.15, -0.1) is 0 Å². The lowest BCUT2D eigenvalue weighted by atomic mass is 10.1. The molecule has 0 fully saturated rings. The Labute approximate surface area is 134 Å². The van der Waals surface area contributed by atoms with Gasteiger partial charge in [0.05, 0.1) is 26.2 Å². The molecule has 0 saturated carbocycles. The average Bonchev–Trinajstić information content (AvgIpc) is 2.53. The first-order chi connectivity index (χ1) is 11.0. The summed E-state index contributed by atoms with van der Waals surface area (Å²) in [4.78, 5) is 24.4. The number of rotatable bonds is 10. The number of halogens is 1. The summed E-state index contributed by atoms with van der Waals surface area (Å²) in [5.41, 5.74) is 0.588. The molecule has 0 aromatic heterocycles. The Kier molecular flexibility index (Phi) is 8.21. The summed E-state index contributed by atoms with van der Waals surface area (Å²) in [5.74, 6) is -1.75. The molecular weight excluding hydrogens is 305 g/mol. The van der Waals surface area contributed by atoms with Crippen molar-refractivity contribution in [2.75, 3.05) is 33.4 Å². The Balaban J connectivity index is 2.77. The minimum atomic E-state index is -0.970. The van der Waals surface area contributed by atoms with E-state index in [1.54, 1.807) is 14.0 Å². The molecule has 1 N–H and O–H groups in total. The third kappa shape index (κ3) is 6.33. The molecule has 0 bridgehead atoms. The minimum Gasteiger partial charge on any atom is -0.481 e. The Bertz CT molecular complexity index is 535. The number of hydrogen-bond acceptors (Lipinski definition) is 4. The van der Waals surface area contributed by atoms with Gasteiger partial charge in [0.2, 0.25) is 0 Å². The van der Waals surface area contributed by atoms with Crippen LogP contribution >= 0.6 is 0 Å². The zero-order valence-corrected chi connectivity index (χ0v) is 13.4. The number of carboxylic acid groups (broad SMARTS) is 1. The van der Waals surface area contributed by atoms with Crippen molar-refractivity contribution in [3.05, 3.63) is 35.1 Å². The fourth-order valence-corrected chi connectivity index (χ4v) is 1.96. The van der Waals surface area contributed by atoms with Crippen LogP contribution < -0.4 is 0 Å². The summed E-state index contributed by atoms with van der Waals surface area (Å²) in [5, 5.41) is 8.72. The molecule has 1 amide bonds. The molecular formula is C16H22FNO5. The van der Waals surface area contributed by atoms with E-state index in [4.69, 9.17) is 14.6 Å². The van der Waals surface area contributed by atoms with Crippen LogP contribution in [0.3, 0.4) is 0 Å². The molecule has 0 spiro atoms. The van der Waals surface area contributed by atoms with Crippen LogP contribution in [-0.2, 0) is 20.9 Å². The minimum absolute atomic E-state index is 0.0393. The summed E-state index contributed by atoms with van der Waals surface area (Å²) in [6.07, 6.45) is -0.131. The lowest BCUT2D eigenvalue weighted by Crippen LogP contribution is -2.33. The molecule has 1 rings (SSSR count). The van der Waals surface area contributed by atoms with Gasteiger partial charge in [-0.2, -0.15) is 0 Å². The number of nitrogens with zero attached hydrogens (tertiary/aromatic N) is 1. The number of benzene rings is 1. The van der Waals surface area contributed by atoms with Gasteiger partial charge in [-0.25, -0.2) is 4.39 Å². The van der Waals surface area contributed by atoms with Crippen molar-refractivity contribution in [2.24, 2.45) is 0 Å². The second-order valence-electron chi connectivity index (χ2n) is 4.88. The van der Waals surface area contributed by atoms with E-state index in [0.717, 1.165) is 0 Å². The topological polar surface area (TPSA) is 76.1 Å². The summed E-state index contributed by atoms with van der Waals surface area (Å²) >= 11 is 0. The van der Waals surface area contributed by atoms with Gasteiger partial charge in [0.1, 0.15) is 5.82 Å². The van der Waals surface area contributed by atoms with E-state index >= 15 is 0 Å². The summed E-state index contributed by atoms with van der Waals surface area (Å²) in [7, 11) is 1.54. The van der Waals surface area contributed by atoms with Gasteiger partial charge < -0.3 is 19.5 Å². The van der Waals surface area contributed by atoms with Crippen molar-refractivity contribution < 1.29 is 28.6 Å². The monoisotopic (exact) mass is 327 g/mol.